The number of hydrogen-bond donors (Lipinski definition) is 2. The number of nitrogens with zero attached hydrogens (tertiary/aromatic N) is 1. The Kier molecular flexibility index (Phi) is 6.46. The smallest absolute Gasteiger partial charge is 0.262 e. The van der Waals surface area contributed by atoms with Gasteiger partial charge in [0.25, 0.3) is 10.0 Å². The number of aryl methyl sites for hydroxylation is 1. The van der Waals surface area contributed by atoms with Crippen molar-refractivity contribution < 1.29 is 13.2 Å². The van der Waals surface area contributed by atoms with Gasteiger partial charge in [0.1, 0.15) is 5.75 Å². The van der Waals surface area contributed by atoms with Gasteiger partial charge in [-0.15, -0.1) is 11.3 Å². The summed E-state index contributed by atoms with van der Waals surface area (Å²) < 4.78 is 34.8. The van der Waals surface area contributed by atoms with Crippen LogP contribution in [0.2, 0.25) is 0 Å². The lowest BCUT2D eigenvalue weighted by Crippen LogP contribution is -2.54. The van der Waals surface area contributed by atoms with E-state index in [1.54, 1.807) is 24.5 Å². The third kappa shape index (κ3) is 4.77. The summed E-state index contributed by atoms with van der Waals surface area (Å²) in [7, 11) is -2.24. The Hall–Kier alpha value is -2.55. The Balaban J connectivity index is 1.64. The molecule has 2 N–H and O–H groups in total. The number of nitrogens with one attached hydrogen (secondary N) is 2. The summed E-state index contributed by atoms with van der Waals surface area (Å²) >= 11 is 1.63. The molecule has 32 heavy (non-hydrogen) atoms. The van der Waals surface area contributed by atoms with E-state index in [0.717, 1.165) is 29.2 Å². The van der Waals surface area contributed by atoms with Crippen LogP contribution < -0.4 is 19.7 Å². The maximum Gasteiger partial charge on any atom is 0.262 e. The molecule has 0 bridgehead atoms. The Morgan fingerprint density at radius 2 is 1.84 bits per heavy atom. The maximum absolute atomic E-state index is 13.3. The zero-order valence-electron chi connectivity index (χ0n) is 18.8. The van der Waals surface area contributed by atoms with Crippen molar-refractivity contribution in [1.29, 1.82) is 0 Å². The van der Waals surface area contributed by atoms with Crippen molar-refractivity contribution >= 4 is 32.7 Å². The largest absolute Gasteiger partial charge is 0.495 e. The monoisotopic (exact) mass is 471 g/mol. The molecule has 0 unspecified atom stereocenters. The zero-order valence-corrected chi connectivity index (χ0v) is 20.4. The highest BCUT2D eigenvalue weighted by Crippen LogP contribution is 2.34. The Labute approximate surface area is 194 Å². The number of benzene rings is 2. The molecule has 2 heterocycles. The number of piperazine rings is 1. The minimum absolute atomic E-state index is 0.259. The van der Waals surface area contributed by atoms with Gasteiger partial charge < -0.3 is 15.0 Å². The summed E-state index contributed by atoms with van der Waals surface area (Å²) in [5, 5.41) is 5.53. The fourth-order valence-corrected chi connectivity index (χ4v) is 6.27. The van der Waals surface area contributed by atoms with Crippen molar-refractivity contribution in [3.05, 3.63) is 59.5 Å². The number of sulfonamides is 1. The molecule has 170 valence electrons. The van der Waals surface area contributed by atoms with E-state index >= 15 is 0 Å². The van der Waals surface area contributed by atoms with Gasteiger partial charge in [-0.05, 0) is 73.7 Å². The van der Waals surface area contributed by atoms with Gasteiger partial charge in [0.15, 0.2) is 0 Å². The first kappa shape index (κ1) is 22.6. The lowest BCUT2D eigenvalue weighted by atomic mass is 10.1. The third-order valence-corrected chi connectivity index (χ3v) is 8.06. The molecule has 0 spiro atoms. The Morgan fingerprint density at radius 1 is 1.09 bits per heavy atom. The normalized spacial score (nSPS) is 19.1. The molecule has 3 aromatic rings. The van der Waals surface area contributed by atoms with E-state index < -0.39 is 10.0 Å². The van der Waals surface area contributed by atoms with Gasteiger partial charge in [-0.1, -0.05) is 12.1 Å². The third-order valence-electron chi connectivity index (χ3n) is 5.62. The van der Waals surface area contributed by atoms with Crippen molar-refractivity contribution in [3.63, 3.8) is 0 Å². The second-order valence-corrected chi connectivity index (χ2v) is 10.9. The molecule has 1 aromatic heterocycles. The summed E-state index contributed by atoms with van der Waals surface area (Å²) in [5.74, 6) is 0.487. The van der Waals surface area contributed by atoms with E-state index in [1.165, 1.54) is 0 Å². The highest BCUT2D eigenvalue weighted by molar-refractivity contribution is 7.92. The molecule has 2 atom stereocenters. The van der Waals surface area contributed by atoms with Gasteiger partial charge in [-0.2, -0.15) is 0 Å². The fourth-order valence-electron chi connectivity index (χ4n) is 4.26. The van der Waals surface area contributed by atoms with Gasteiger partial charge in [-0.25, -0.2) is 8.42 Å². The minimum Gasteiger partial charge on any atom is -0.495 e. The summed E-state index contributed by atoms with van der Waals surface area (Å²) in [6, 6.07) is 15.8. The number of hydrogen-bond acceptors (Lipinski definition) is 6. The molecule has 1 aliphatic rings. The first-order valence-electron chi connectivity index (χ1n) is 10.6. The second-order valence-electron chi connectivity index (χ2n) is 8.32. The van der Waals surface area contributed by atoms with Crippen molar-refractivity contribution in [2.75, 3.05) is 29.8 Å². The number of methoxy groups -OCH3 is 1. The summed E-state index contributed by atoms with van der Waals surface area (Å²) in [6.07, 6.45) is 0. The zero-order chi connectivity index (χ0) is 22.9. The van der Waals surface area contributed by atoms with Crippen molar-refractivity contribution in [2.45, 2.75) is 37.8 Å². The molecular weight excluding hydrogens is 442 g/mol. The van der Waals surface area contributed by atoms with Gasteiger partial charge in [0, 0.05) is 35.7 Å². The standard InChI is InChI=1S/C24H29N3O3S2/c1-16-12-19(23-6-5-11-31-23)7-10-24(16)32(28,29)26-21-13-20(8-9-22(21)30-4)27-14-17(2)25-18(3)15-27/h5-13,17-18,25-26H,14-15H2,1-4H3/t17-,18+. The molecule has 1 aliphatic heterocycles. The van der Waals surface area contributed by atoms with Crippen LogP contribution in [0.4, 0.5) is 11.4 Å². The van der Waals surface area contributed by atoms with Crippen molar-refractivity contribution in [1.82, 2.24) is 5.32 Å². The predicted octanol–water partition coefficient (Wildman–Crippen LogP) is 4.72. The molecule has 2 aromatic carbocycles. The van der Waals surface area contributed by atoms with Gasteiger partial charge in [0.2, 0.25) is 0 Å². The molecule has 1 saturated heterocycles. The Morgan fingerprint density at radius 3 is 2.47 bits per heavy atom. The minimum atomic E-state index is -3.79. The summed E-state index contributed by atoms with van der Waals surface area (Å²) in [6.45, 7) is 7.83. The van der Waals surface area contributed by atoms with Crippen molar-refractivity contribution in [3.8, 4) is 16.2 Å². The van der Waals surface area contributed by atoms with E-state index in [0.29, 0.717) is 29.1 Å². The lowest BCUT2D eigenvalue weighted by Gasteiger charge is -2.38. The topological polar surface area (TPSA) is 70.7 Å². The van der Waals surface area contributed by atoms with Crippen LogP contribution in [0.25, 0.3) is 10.4 Å². The van der Waals surface area contributed by atoms with E-state index in [2.05, 4.69) is 28.8 Å². The number of ether oxygens (including phenoxy) is 1. The lowest BCUT2D eigenvalue weighted by molar-refractivity contribution is 0.406. The molecule has 1 fully saturated rings. The van der Waals surface area contributed by atoms with Crippen molar-refractivity contribution in [2.24, 2.45) is 0 Å². The number of anilines is 2. The molecule has 0 saturated carbocycles. The first-order chi connectivity index (χ1) is 15.3. The van der Waals surface area contributed by atoms with Crippen LogP contribution in [-0.4, -0.2) is 40.7 Å². The average Bonchev–Trinajstić information content (AvgIpc) is 3.27. The SMILES string of the molecule is COc1ccc(N2C[C@@H](C)N[C@@H](C)C2)cc1NS(=O)(=O)c1ccc(-c2cccs2)cc1C. The van der Waals surface area contributed by atoms with Crippen LogP contribution in [-0.2, 0) is 10.0 Å². The maximum atomic E-state index is 13.3. The van der Waals surface area contributed by atoms with Gasteiger partial charge in [0.05, 0.1) is 17.7 Å². The van der Waals surface area contributed by atoms with E-state index in [1.807, 2.05) is 54.8 Å². The first-order valence-corrected chi connectivity index (χ1v) is 13.0. The average molecular weight is 472 g/mol. The Bertz CT molecular complexity index is 1180. The molecule has 6 nitrogen and oxygen atoms in total. The molecule has 0 radical (unpaired) electrons. The van der Waals surface area contributed by atoms with E-state index in [9.17, 15) is 8.42 Å². The van der Waals surface area contributed by atoms with Gasteiger partial charge >= 0.3 is 0 Å². The number of thiophene rings is 1. The van der Waals surface area contributed by atoms with E-state index in [4.69, 9.17) is 4.74 Å². The van der Waals surface area contributed by atoms with Crippen LogP contribution in [0.5, 0.6) is 5.75 Å². The van der Waals surface area contributed by atoms with Crippen LogP contribution in [0, 0.1) is 6.92 Å². The molecule has 0 aliphatic carbocycles. The summed E-state index contributed by atoms with van der Waals surface area (Å²) in [4.78, 5) is 3.64. The molecule has 0 amide bonds. The highest BCUT2D eigenvalue weighted by atomic mass is 32.2. The number of rotatable bonds is 6. The molecular formula is C24H29N3O3S2. The summed E-state index contributed by atoms with van der Waals surface area (Å²) in [5.41, 5.74) is 3.11. The fraction of sp³-hybridized carbons (Fsp3) is 0.333. The second kappa shape index (κ2) is 9.13. The highest BCUT2D eigenvalue weighted by Gasteiger charge is 2.24. The van der Waals surface area contributed by atoms with Crippen LogP contribution >= 0.6 is 11.3 Å². The van der Waals surface area contributed by atoms with Gasteiger partial charge in [-0.3, -0.25) is 4.72 Å². The van der Waals surface area contributed by atoms with E-state index in [-0.39, 0.29) is 4.90 Å². The van der Waals surface area contributed by atoms with Crippen LogP contribution in [0.3, 0.4) is 0 Å². The quantitative estimate of drug-likeness (QED) is 0.544. The van der Waals surface area contributed by atoms with Crippen LogP contribution in [0.1, 0.15) is 19.4 Å². The molecule has 8 heteroatoms. The predicted molar refractivity (Wildman–Crippen MR) is 133 cm³/mol. The molecule has 4 rings (SSSR count). The van der Waals surface area contributed by atoms with Crippen LogP contribution in [0.15, 0.2) is 58.8 Å².